The topological polar surface area (TPSA) is 48.3 Å². The normalized spacial score (nSPS) is 10.6. The highest BCUT2D eigenvalue weighted by Crippen LogP contribution is 2.05. The van der Waals surface area contributed by atoms with Crippen LogP contribution in [0.2, 0.25) is 0 Å². The maximum absolute atomic E-state index is 12.1. The first-order valence-electron chi connectivity index (χ1n) is 5.71. The Balaban J connectivity index is 3.11. The fraction of sp³-hybridized carbons (Fsp3) is 0.538. The Bertz CT molecular complexity index is 460. The third kappa shape index (κ3) is 3.44. The lowest BCUT2D eigenvalue weighted by molar-refractivity contribution is -0.139. The number of nitrogens with zero attached hydrogens (tertiary/aromatic N) is 1. The van der Waals surface area contributed by atoms with Crippen LogP contribution in [0.15, 0.2) is 17.1 Å². The zero-order valence-electron chi connectivity index (χ0n) is 10.8. The minimum absolute atomic E-state index is 0.0418. The molecule has 0 unspecified atom stereocenters. The molecular formula is C13H19NO3. The maximum atomic E-state index is 12.1. The number of aryl methyl sites for hydroxylation is 1. The van der Waals surface area contributed by atoms with Gasteiger partial charge in [-0.1, -0.05) is 13.8 Å². The number of ether oxygens (including phenoxy) is 1. The van der Waals surface area contributed by atoms with Crippen LogP contribution in [0.3, 0.4) is 0 Å². The van der Waals surface area contributed by atoms with Crippen LogP contribution in [0.5, 0.6) is 0 Å². The van der Waals surface area contributed by atoms with Crippen molar-refractivity contribution in [2.24, 2.45) is 5.92 Å². The molecule has 1 rings (SSSR count). The van der Waals surface area contributed by atoms with Crippen molar-refractivity contribution in [3.8, 4) is 0 Å². The van der Waals surface area contributed by atoms with E-state index in [1.165, 1.54) is 7.11 Å². The molecule has 0 aliphatic carbocycles. The molecule has 0 aliphatic heterocycles. The first-order valence-corrected chi connectivity index (χ1v) is 5.71. The quantitative estimate of drug-likeness (QED) is 0.746. The van der Waals surface area contributed by atoms with Gasteiger partial charge in [-0.15, -0.1) is 0 Å². The molecule has 94 valence electrons. The summed E-state index contributed by atoms with van der Waals surface area (Å²) in [6.45, 7) is 6.59. The summed E-state index contributed by atoms with van der Waals surface area (Å²) in [5.41, 5.74) is 1.27. The molecule has 0 spiro atoms. The van der Waals surface area contributed by atoms with Gasteiger partial charge in [0.15, 0.2) is 0 Å². The number of carbonyl (C=O) groups excluding carboxylic acids is 1. The maximum Gasteiger partial charge on any atom is 0.310 e. The second-order valence-corrected chi connectivity index (χ2v) is 4.58. The summed E-state index contributed by atoms with van der Waals surface area (Å²) in [5.74, 6) is 0.00822. The molecule has 1 aromatic rings. The van der Waals surface area contributed by atoms with Crippen molar-refractivity contribution in [1.29, 1.82) is 0 Å². The number of hydrogen-bond donors (Lipinski definition) is 0. The van der Waals surface area contributed by atoms with E-state index >= 15 is 0 Å². The molecule has 0 radical (unpaired) electrons. The first-order chi connectivity index (χ1) is 7.95. The van der Waals surface area contributed by atoms with E-state index in [4.69, 9.17) is 0 Å². The van der Waals surface area contributed by atoms with Gasteiger partial charge in [-0.2, -0.15) is 0 Å². The Labute approximate surface area is 101 Å². The zero-order chi connectivity index (χ0) is 13.0. The van der Waals surface area contributed by atoms with Gasteiger partial charge in [0, 0.05) is 18.3 Å². The molecular weight excluding hydrogens is 218 g/mol. The number of carbonyl (C=O) groups is 1. The molecule has 0 aliphatic rings. The highest BCUT2D eigenvalue weighted by atomic mass is 16.5. The van der Waals surface area contributed by atoms with Gasteiger partial charge < -0.3 is 9.30 Å². The molecule has 0 fully saturated rings. The third-order valence-electron chi connectivity index (χ3n) is 2.61. The summed E-state index contributed by atoms with van der Waals surface area (Å²) in [5, 5.41) is 0. The Morgan fingerprint density at radius 1 is 1.47 bits per heavy atom. The van der Waals surface area contributed by atoms with Crippen LogP contribution in [0.1, 0.15) is 25.0 Å². The second-order valence-electron chi connectivity index (χ2n) is 4.58. The van der Waals surface area contributed by atoms with Crippen molar-refractivity contribution in [2.75, 3.05) is 7.11 Å². The van der Waals surface area contributed by atoms with E-state index in [0.29, 0.717) is 18.0 Å². The Kier molecular flexibility index (Phi) is 4.49. The van der Waals surface area contributed by atoms with E-state index in [9.17, 15) is 9.59 Å². The predicted octanol–water partition coefficient (Wildman–Crippen LogP) is 1.53. The summed E-state index contributed by atoms with van der Waals surface area (Å²) in [7, 11) is 1.33. The summed E-state index contributed by atoms with van der Waals surface area (Å²) in [6.07, 6.45) is 1.82. The Morgan fingerprint density at radius 2 is 2.12 bits per heavy atom. The van der Waals surface area contributed by atoms with Gasteiger partial charge in [-0.3, -0.25) is 9.59 Å². The summed E-state index contributed by atoms with van der Waals surface area (Å²) in [4.78, 5) is 23.4. The monoisotopic (exact) mass is 237 g/mol. The van der Waals surface area contributed by atoms with Crippen molar-refractivity contribution < 1.29 is 9.53 Å². The van der Waals surface area contributed by atoms with Gasteiger partial charge in [-0.05, 0) is 24.5 Å². The van der Waals surface area contributed by atoms with Crippen LogP contribution in [-0.4, -0.2) is 17.6 Å². The first kappa shape index (κ1) is 13.5. The average Bonchev–Trinajstić information content (AvgIpc) is 2.27. The molecule has 0 amide bonds. The lowest BCUT2D eigenvalue weighted by atomic mass is 10.1. The highest BCUT2D eigenvalue weighted by molar-refractivity contribution is 5.72. The van der Waals surface area contributed by atoms with Gasteiger partial charge >= 0.3 is 5.97 Å². The lowest BCUT2D eigenvalue weighted by Gasteiger charge is -2.12. The van der Waals surface area contributed by atoms with Crippen LogP contribution < -0.4 is 5.56 Å². The van der Waals surface area contributed by atoms with Crippen LogP contribution in [0.4, 0.5) is 0 Å². The van der Waals surface area contributed by atoms with Crippen LogP contribution in [0, 0.1) is 12.8 Å². The minimum atomic E-state index is -0.382. The van der Waals surface area contributed by atoms with Crippen LogP contribution >= 0.6 is 0 Å². The van der Waals surface area contributed by atoms with Crippen LogP contribution in [0.25, 0.3) is 0 Å². The molecule has 0 atom stereocenters. The van der Waals surface area contributed by atoms with E-state index in [1.807, 2.05) is 26.8 Å². The molecule has 4 nitrogen and oxygen atoms in total. The van der Waals surface area contributed by atoms with Crippen molar-refractivity contribution in [3.63, 3.8) is 0 Å². The number of rotatable bonds is 4. The van der Waals surface area contributed by atoms with E-state index in [2.05, 4.69) is 4.74 Å². The second kappa shape index (κ2) is 5.66. The van der Waals surface area contributed by atoms with E-state index in [1.54, 1.807) is 10.8 Å². The average molecular weight is 237 g/mol. The van der Waals surface area contributed by atoms with Crippen molar-refractivity contribution >= 4 is 5.97 Å². The number of pyridine rings is 1. The SMILES string of the molecule is COC(=O)Cc1c(C)ccn(CC(C)C)c1=O. The van der Waals surface area contributed by atoms with E-state index < -0.39 is 0 Å². The van der Waals surface area contributed by atoms with Gasteiger partial charge in [0.2, 0.25) is 0 Å². The van der Waals surface area contributed by atoms with Gasteiger partial charge in [0.05, 0.1) is 13.5 Å². The smallest absolute Gasteiger partial charge is 0.310 e. The minimum Gasteiger partial charge on any atom is -0.469 e. The molecule has 1 heterocycles. The number of esters is 1. The standard InChI is InChI=1S/C13H19NO3/c1-9(2)8-14-6-5-10(3)11(13(14)16)7-12(15)17-4/h5-6,9H,7-8H2,1-4H3. The van der Waals surface area contributed by atoms with Gasteiger partial charge in [-0.25, -0.2) is 0 Å². The fourth-order valence-electron chi connectivity index (χ4n) is 1.68. The molecule has 0 saturated carbocycles. The fourth-order valence-corrected chi connectivity index (χ4v) is 1.68. The van der Waals surface area contributed by atoms with Crippen molar-refractivity contribution in [1.82, 2.24) is 4.57 Å². The lowest BCUT2D eigenvalue weighted by Crippen LogP contribution is -2.27. The number of aromatic nitrogens is 1. The molecule has 0 N–H and O–H groups in total. The molecule has 17 heavy (non-hydrogen) atoms. The third-order valence-corrected chi connectivity index (χ3v) is 2.61. The molecule has 0 bridgehead atoms. The highest BCUT2D eigenvalue weighted by Gasteiger charge is 2.12. The summed E-state index contributed by atoms with van der Waals surface area (Å²) < 4.78 is 6.25. The Hall–Kier alpha value is -1.58. The van der Waals surface area contributed by atoms with E-state index in [0.717, 1.165) is 5.56 Å². The van der Waals surface area contributed by atoms with Crippen LogP contribution in [-0.2, 0) is 22.5 Å². The largest absolute Gasteiger partial charge is 0.469 e. The predicted molar refractivity (Wildman–Crippen MR) is 66.0 cm³/mol. The van der Waals surface area contributed by atoms with Crippen molar-refractivity contribution in [2.45, 2.75) is 33.7 Å². The molecule has 1 aromatic heterocycles. The van der Waals surface area contributed by atoms with Crippen molar-refractivity contribution in [3.05, 3.63) is 33.7 Å². The summed E-state index contributed by atoms with van der Waals surface area (Å²) >= 11 is 0. The number of hydrogen-bond acceptors (Lipinski definition) is 3. The number of methoxy groups -OCH3 is 1. The molecule has 4 heteroatoms. The molecule has 0 saturated heterocycles. The van der Waals surface area contributed by atoms with Gasteiger partial charge in [0.1, 0.15) is 0 Å². The zero-order valence-corrected chi connectivity index (χ0v) is 10.8. The van der Waals surface area contributed by atoms with Gasteiger partial charge in [0.25, 0.3) is 5.56 Å². The molecule has 0 aromatic carbocycles. The summed E-state index contributed by atoms with van der Waals surface area (Å²) in [6, 6.07) is 1.86. The van der Waals surface area contributed by atoms with E-state index in [-0.39, 0.29) is 17.9 Å². The Morgan fingerprint density at radius 3 is 2.65 bits per heavy atom.